The summed E-state index contributed by atoms with van der Waals surface area (Å²) in [4.78, 5) is 43.2. The Kier molecular flexibility index (Phi) is 4.22. The Morgan fingerprint density at radius 1 is 1.15 bits per heavy atom. The number of amides is 2. The van der Waals surface area contributed by atoms with E-state index in [-0.39, 0.29) is 39.9 Å². The highest BCUT2D eigenvalue weighted by Gasteiger charge is 2.32. The third-order valence-electron chi connectivity index (χ3n) is 5.35. The van der Waals surface area contributed by atoms with E-state index in [9.17, 15) is 18.8 Å². The number of fused-ring (bicyclic) bond motifs is 1. The minimum Gasteiger partial charge on any atom is -0.348 e. The lowest BCUT2D eigenvalue weighted by molar-refractivity contribution is -0.130. The molecule has 3 heterocycles. The normalized spacial score (nSPS) is 18.7. The summed E-state index contributed by atoms with van der Waals surface area (Å²) in [5.74, 6) is -0.664. The van der Waals surface area contributed by atoms with Crippen molar-refractivity contribution in [3.8, 4) is 0 Å². The maximum absolute atomic E-state index is 14.0. The third-order valence-corrected chi connectivity index (χ3v) is 5.35. The number of carbonyl (C=O) groups is 2. The van der Waals surface area contributed by atoms with Crippen LogP contribution in [0.15, 0.2) is 29.1 Å². The van der Waals surface area contributed by atoms with E-state index in [1.165, 1.54) is 24.3 Å². The molecule has 26 heavy (non-hydrogen) atoms. The van der Waals surface area contributed by atoms with Gasteiger partial charge in [0.15, 0.2) is 5.43 Å². The number of aromatic nitrogens is 1. The van der Waals surface area contributed by atoms with Crippen molar-refractivity contribution < 1.29 is 14.0 Å². The van der Waals surface area contributed by atoms with Gasteiger partial charge in [-0.1, -0.05) is 6.07 Å². The monoisotopic (exact) mass is 357 g/mol. The number of rotatable bonds is 2. The molecule has 0 atom stereocenters. The molecule has 6 nitrogen and oxygen atoms in total. The van der Waals surface area contributed by atoms with Crippen molar-refractivity contribution in [2.45, 2.75) is 31.7 Å². The quantitative estimate of drug-likeness (QED) is 0.892. The van der Waals surface area contributed by atoms with Gasteiger partial charge in [0.25, 0.3) is 5.91 Å². The Bertz CT molecular complexity index is 931. The zero-order valence-electron chi connectivity index (χ0n) is 14.3. The third kappa shape index (κ3) is 2.87. The zero-order valence-corrected chi connectivity index (χ0v) is 14.3. The molecule has 0 unspecified atom stereocenters. The highest BCUT2D eigenvalue weighted by molar-refractivity contribution is 5.95. The lowest BCUT2D eigenvalue weighted by Gasteiger charge is -2.36. The van der Waals surface area contributed by atoms with Gasteiger partial charge in [0, 0.05) is 43.5 Å². The summed E-state index contributed by atoms with van der Waals surface area (Å²) in [5.41, 5.74) is -0.219. The number of hydrogen-bond donors (Lipinski definition) is 1. The molecule has 7 heteroatoms. The number of likely N-dealkylation sites (tertiary alicyclic amines) is 2. The minimum atomic E-state index is -0.555. The van der Waals surface area contributed by atoms with Crippen LogP contribution >= 0.6 is 0 Å². The molecule has 2 fully saturated rings. The van der Waals surface area contributed by atoms with Crippen LogP contribution in [0.1, 0.15) is 36.2 Å². The average molecular weight is 357 g/mol. The summed E-state index contributed by atoms with van der Waals surface area (Å²) in [5, 5.41) is 0.229. The van der Waals surface area contributed by atoms with Crippen LogP contribution in [-0.4, -0.2) is 52.3 Å². The van der Waals surface area contributed by atoms with Crippen LogP contribution in [0.2, 0.25) is 0 Å². The zero-order chi connectivity index (χ0) is 18.3. The number of aromatic amines is 1. The summed E-state index contributed by atoms with van der Waals surface area (Å²) in [7, 11) is 0. The molecule has 0 bridgehead atoms. The number of nitrogens with zero attached hydrogens (tertiary/aromatic N) is 2. The summed E-state index contributed by atoms with van der Waals surface area (Å²) < 4.78 is 14.0. The number of hydrogen-bond acceptors (Lipinski definition) is 3. The topological polar surface area (TPSA) is 73.5 Å². The molecule has 2 aliphatic rings. The van der Waals surface area contributed by atoms with Crippen LogP contribution < -0.4 is 5.43 Å². The second-order valence-electron chi connectivity index (χ2n) is 6.92. The van der Waals surface area contributed by atoms with E-state index < -0.39 is 5.82 Å². The number of benzene rings is 1. The molecule has 2 aromatic rings. The SMILES string of the molecule is O=C(c1cc(=O)c2cccc(F)c2[nH]1)N1CCC(N2CCCC2=O)CC1. The number of piperidine rings is 1. The van der Waals surface area contributed by atoms with Gasteiger partial charge in [0.1, 0.15) is 11.5 Å². The van der Waals surface area contributed by atoms with Crippen molar-refractivity contribution in [2.75, 3.05) is 19.6 Å². The number of carbonyl (C=O) groups excluding carboxylic acids is 2. The van der Waals surface area contributed by atoms with Crippen LogP contribution in [0.4, 0.5) is 4.39 Å². The minimum absolute atomic E-state index is 0.0564. The maximum Gasteiger partial charge on any atom is 0.270 e. The summed E-state index contributed by atoms with van der Waals surface area (Å²) in [6, 6.07) is 5.68. The predicted octanol–water partition coefficient (Wildman–Crippen LogP) is 1.89. The molecule has 1 aromatic heterocycles. The van der Waals surface area contributed by atoms with Crippen LogP contribution in [0.25, 0.3) is 10.9 Å². The molecule has 2 aliphatic heterocycles. The molecule has 0 saturated carbocycles. The first-order valence-corrected chi connectivity index (χ1v) is 8.95. The van der Waals surface area contributed by atoms with E-state index in [2.05, 4.69) is 4.98 Å². The molecular weight excluding hydrogens is 337 g/mol. The van der Waals surface area contributed by atoms with Gasteiger partial charge >= 0.3 is 0 Å². The van der Waals surface area contributed by atoms with Crippen LogP contribution in [-0.2, 0) is 4.79 Å². The smallest absolute Gasteiger partial charge is 0.270 e. The van der Waals surface area contributed by atoms with Crippen molar-refractivity contribution >= 4 is 22.7 Å². The molecule has 4 rings (SSSR count). The number of pyridine rings is 1. The fourth-order valence-corrected chi connectivity index (χ4v) is 3.96. The predicted molar refractivity (Wildman–Crippen MR) is 94.4 cm³/mol. The Labute approximate surface area is 149 Å². The second kappa shape index (κ2) is 6.55. The van der Waals surface area contributed by atoms with Gasteiger partial charge in [-0.05, 0) is 31.4 Å². The Morgan fingerprint density at radius 3 is 2.62 bits per heavy atom. The summed E-state index contributed by atoms with van der Waals surface area (Å²) in [6.07, 6.45) is 2.97. The average Bonchev–Trinajstić information content (AvgIpc) is 3.08. The van der Waals surface area contributed by atoms with Crippen molar-refractivity contribution in [1.29, 1.82) is 0 Å². The second-order valence-corrected chi connectivity index (χ2v) is 6.92. The fourth-order valence-electron chi connectivity index (χ4n) is 3.96. The number of halogens is 1. The molecular formula is C19H20FN3O3. The Hall–Kier alpha value is -2.70. The number of para-hydroxylation sites is 1. The molecule has 0 aliphatic carbocycles. The Morgan fingerprint density at radius 2 is 1.92 bits per heavy atom. The van der Waals surface area contributed by atoms with Crippen molar-refractivity contribution in [1.82, 2.24) is 14.8 Å². The molecule has 1 aromatic carbocycles. The number of nitrogens with one attached hydrogen (secondary N) is 1. The molecule has 0 radical (unpaired) electrons. The lowest BCUT2D eigenvalue weighted by Crippen LogP contribution is -2.47. The fraction of sp³-hybridized carbons (Fsp3) is 0.421. The van der Waals surface area contributed by atoms with Crippen LogP contribution in [0.3, 0.4) is 0 Å². The lowest BCUT2D eigenvalue weighted by atomic mass is 10.0. The molecule has 0 spiro atoms. The van der Waals surface area contributed by atoms with E-state index in [1.54, 1.807) is 4.90 Å². The van der Waals surface area contributed by atoms with E-state index in [4.69, 9.17) is 0 Å². The van der Waals surface area contributed by atoms with Crippen molar-refractivity contribution in [3.05, 3.63) is 46.0 Å². The first kappa shape index (κ1) is 16.8. The first-order chi connectivity index (χ1) is 12.5. The van der Waals surface area contributed by atoms with E-state index in [0.29, 0.717) is 19.5 Å². The van der Waals surface area contributed by atoms with Gasteiger partial charge in [-0.15, -0.1) is 0 Å². The van der Waals surface area contributed by atoms with E-state index >= 15 is 0 Å². The first-order valence-electron chi connectivity index (χ1n) is 8.95. The maximum atomic E-state index is 14.0. The highest BCUT2D eigenvalue weighted by Crippen LogP contribution is 2.23. The van der Waals surface area contributed by atoms with E-state index in [0.717, 1.165) is 25.8 Å². The van der Waals surface area contributed by atoms with Gasteiger partial charge in [-0.3, -0.25) is 14.4 Å². The van der Waals surface area contributed by atoms with Crippen molar-refractivity contribution in [3.63, 3.8) is 0 Å². The largest absolute Gasteiger partial charge is 0.348 e. The van der Waals surface area contributed by atoms with Gasteiger partial charge in [-0.2, -0.15) is 0 Å². The van der Waals surface area contributed by atoms with E-state index in [1.807, 2.05) is 4.90 Å². The highest BCUT2D eigenvalue weighted by atomic mass is 19.1. The molecule has 136 valence electrons. The molecule has 1 N–H and O–H groups in total. The summed E-state index contributed by atoms with van der Waals surface area (Å²) in [6.45, 7) is 1.84. The van der Waals surface area contributed by atoms with Gasteiger partial charge < -0.3 is 14.8 Å². The van der Waals surface area contributed by atoms with Gasteiger partial charge in [0.05, 0.1) is 5.52 Å². The summed E-state index contributed by atoms with van der Waals surface area (Å²) >= 11 is 0. The van der Waals surface area contributed by atoms with Crippen molar-refractivity contribution in [2.24, 2.45) is 0 Å². The molecule has 2 saturated heterocycles. The van der Waals surface area contributed by atoms with Gasteiger partial charge in [0.2, 0.25) is 5.91 Å². The number of H-pyrrole nitrogens is 1. The molecule has 2 amide bonds. The van der Waals surface area contributed by atoms with Crippen LogP contribution in [0, 0.1) is 5.82 Å². The van der Waals surface area contributed by atoms with Gasteiger partial charge in [-0.25, -0.2) is 4.39 Å². The standard InChI is InChI=1S/C19H20FN3O3/c20-14-4-1-3-13-16(24)11-15(21-18(13)14)19(26)22-9-6-12(7-10-22)23-8-2-5-17(23)25/h1,3-4,11-12H,2,5-10H2,(H,21,24). The van der Waals surface area contributed by atoms with Crippen LogP contribution in [0.5, 0.6) is 0 Å². The Balaban J connectivity index is 1.52.